The van der Waals surface area contributed by atoms with Gasteiger partial charge in [-0.2, -0.15) is 18.4 Å². The summed E-state index contributed by atoms with van der Waals surface area (Å²) in [5.41, 5.74) is 4.47. The number of carbonyl (C=O) groups is 2. The van der Waals surface area contributed by atoms with E-state index < -0.39 is 28.5 Å². The highest BCUT2D eigenvalue weighted by molar-refractivity contribution is 6.20. The third-order valence-corrected chi connectivity index (χ3v) is 6.83. The number of hydrogen-bond donors (Lipinski definition) is 2. The molecule has 0 unspecified atom stereocenters. The largest absolute Gasteiger partial charge is 0.416 e. The number of allylic oxidation sites excluding steroid dienone is 1. The van der Waals surface area contributed by atoms with Gasteiger partial charge in [0.05, 0.1) is 11.1 Å². The molecule has 35 heavy (non-hydrogen) atoms. The molecule has 1 amide bonds. The van der Waals surface area contributed by atoms with Crippen LogP contribution in [0.2, 0.25) is 0 Å². The molecule has 9 heteroatoms. The minimum atomic E-state index is -4.60. The molecule has 2 aromatic carbocycles. The van der Waals surface area contributed by atoms with Gasteiger partial charge in [0, 0.05) is 34.6 Å². The van der Waals surface area contributed by atoms with Crippen molar-refractivity contribution in [1.29, 1.82) is 5.26 Å². The highest BCUT2D eigenvalue weighted by Gasteiger charge is 2.61. The summed E-state index contributed by atoms with van der Waals surface area (Å²) in [6.45, 7) is 3.74. The zero-order chi connectivity index (χ0) is 25.3. The average molecular weight is 478 g/mol. The summed E-state index contributed by atoms with van der Waals surface area (Å²) in [5.74, 6) is -1.11. The van der Waals surface area contributed by atoms with E-state index in [2.05, 4.69) is 5.32 Å². The number of halogens is 3. The van der Waals surface area contributed by atoms with E-state index in [1.165, 1.54) is 17.0 Å². The Hall–Kier alpha value is -4.06. The molecule has 1 atom stereocenters. The van der Waals surface area contributed by atoms with Gasteiger partial charge in [-0.05, 0) is 36.1 Å². The standard InChI is InChI=1S/C26H21F3N4O2/c1-24(2)11-19-21(20(34)12-24)25(16-8-3-4-9-18(16)32-23(25)35)17(13-30)22(31)33(19)15-7-5-6-14(10-15)26(27,28)29/h3-10H,11-12,31H2,1-2H3,(H,32,35)/t25-/m1/s1. The lowest BCUT2D eigenvalue weighted by molar-refractivity contribution is -0.137. The summed E-state index contributed by atoms with van der Waals surface area (Å²) >= 11 is 0. The van der Waals surface area contributed by atoms with Crippen LogP contribution in [-0.4, -0.2) is 11.7 Å². The predicted molar refractivity (Wildman–Crippen MR) is 123 cm³/mol. The second-order valence-electron chi connectivity index (χ2n) is 9.77. The zero-order valence-electron chi connectivity index (χ0n) is 19.0. The fourth-order valence-electron chi connectivity index (χ4n) is 5.49. The number of ketones is 1. The van der Waals surface area contributed by atoms with Crippen LogP contribution in [0.25, 0.3) is 0 Å². The van der Waals surface area contributed by atoms with Crippen LogP contribution >= 0.6 is 0 Å². The summed E-state index contributed by atoms with van der Waals surface area (Å²) in [5, 5.41) is 13.0. The first-order valence-electron chi connectivity index (χ1n) is 11.0. The predicted octanol–water partition coefficient (Wildman–Crippen LogP) is 4.75. The van der Waals surface area contributed by atoms with E-state index in [0.717, 1.165) is 12.1 Å². The van der Waals surface area contributed by atoms with Crippen LogP contribution in [0.15, 0.2) is 71.2 Å². The lowest BCUT2D eigenvalue weighted by Crippen LogP contribution is -2.52. The number of rotatable bonds is 1. The van der Waals surface area contributed by atoms with Gasteiger partial charge in [0.15, 0.2) is 5.78 Å². The fourth-order valence-corrected chi connectivity index (χ4v) is 5.49. The van der Waals surface area contributed by atoms with Gasteiger partial charge in [0.1, 0.15) is 17.3 Å². The number of nitrogens with two attached hydrogens (primary N) is 1. The quantitative estimate of drug-likeness (QED) is 0.616. The third-order valence-electron chi connectivity index (χ3n) is 6.83. The number of amides is 1. The molecule has 0 saturated heterocycles. The van der Waals surface area contributed by atoms with Gasteiger partial charge in [-0.1, -0.05) is 38.1 Å². The number of alkyl halides is 3. The molecule has 3 N–H and O–H groups in total. The normalized spacial score (nSPS) is 23.3. The van der Waals surface area contributed by atoms with Gasteiger partial charge in [-0.3, -0.25) is 14.5 Å². The van der Waals surface area contributed by atoms with E-state index in [-0.39, 0.29) is 41.3 Å². The van der Waals surface area contributed by atoms with Crippen molar-refractivity contribution >= 4 is 23.1 Å². The first kappa shape index (κ1) is 22.7. The van der Waals surface area contributed by atoms with Crippen molar-refractivity contribution in [3.63, 3.8) is 0 Å². The van der Waals surface area contributed by atoms with Crippen molar-refractivity contribution in [1.82, 2.24) is 0 Å². The highest BCUT2D eigenvalue weighted by atomic mass is 19.4. The molecule has 5 rings (SSSR count). The van der Waals surface area contributed by atoms with Gasteiger partial charge in [0.25, 0.3) is 0 Å². The van der Waals surface area contributed by atoms with Crippen LogP contribution in [0.4, 0.5) is 24.5 Å². The van der Waals surface area contributed by atoms with Gasteiger partial charge in [0.2, 0.25) is 5.91 Å². The maximum atomic E-state index is 13.7. The second kappa shape index (κ2) is 7.22. The average Bonchev–Trinajstić information content (AvgIpc) is 3.05. The highest BCUT2D eigenvalue weighted by Crippen LogP contribution is 2.57. The Morgan fingerprint density at radius 2 is 1.80 bits per heavy atom. The van der Waals surface area contributed by atoms with Crippen LogP contribution in [0.5, 0.6) is 0 Å². The molecule has 1 aliphatic carbocycles. The SMILES string of the molecule is CC1(C)CC(=O)C2=C(C1)N(c1cccc(C(F)(F)F)c1)C(N)=C(C#N)[C@@]21C(=O)Nc2ccccc21. The minimum Gasteiger partial charge on any atom is -0.384 e. The Labute approximate surface area is 199 Å². The smallest absolute Gasteiger partial charge is 0.384 e. The van der Waals surface area contributed by atoms with Crippen LogP contribution in [0.3, 0.4) is 0 Å². The van der Waals surface area contributed by atoms with Crippen molar-refractivity contribution in [2.24, 2.45) is 11.1 Å². The number of nitrogens with zero attached hydrogens (tertiary/aromatic N) is 2. The molecule has 1 spiro atoms. The number of nitrogens with one attached hydrogen (secondary N) is 1. The number of nitriles is 1. The molecule has 3 aliphatic rings. The lowest BCUT2D eigenvalue weighted by atomic mass is 9.61. The van der Waals surface area contributed by atoms with Crippen molar-refractivity contribution in [2.75, 3.05) is 10.2 Å². The lowest BCUT2D eigenvalue weighted by Gasteiger charge is -2.46. The number of para-hydroxylation sites is 1. The topological polar surface area (TPSA) is 99.2 Å². The van der Waals surface area contributed by atoms with Gasteiger partial charge >= 0.3 is 6.18 Å². The number of benzene rings is 2. The Bertz CT molecular complexity index is 1410. The number of Topliss-reactive ketones (excluding diaryl/α,β-unsaturated/α-hetero) is 1. The van der Waals surface area contributed by atoms with Crippen molar-refractivity contribution in [3.8, 4) is 6.07 Å². The fraction of sp³-hybridized carbons (Fsp3) is 0.269. The summed E-state index contributed by atoms with van der Waals surface area (Å²) in [6, 6.07) is 13.3. The number of fused-ring (bicyclic) bond motifs is 3. The summed E-state index contributed by atoms with van der Waals surface area (Å²) in [4.78, 5) is 28.7. The van der Waals surface area contributed by atoms with E-state index in [1.54, 1.807) is 24.3 Å². The molecule has 6 nitrogen and oxygen atoms in total. The van der Waals surface area contributed by atoms with Crippen LogP contribution in [0.1, 0.15) is 37.8 Å². The first-order valence-corrected chi connectivity index (χ1v) is 11.0. The molecule has 178 valence electrons. The first-order chi connectivity index (χ1) is 16.4. The van der Waals surface area contributed by atoms with Crippen molar-refractivity contribution < 1.29 is 22.8 Å². The number of anilines is 2. The molecular weight excluding hydrogens is 457 g/mol. The molecule has 0 fully saturated rings. The Morgan fingerprint density at radius 3 is 2.49 bits per heavy atom. The molecule has 2 aromatic rings. The Kier molecular flexibility index (Phi) is 4.69. The Balaban J connectivity index is 1.87. The number of carbonyl (C=O) groups excluding carboxylic acids is 2. The van der Waals surface area contributed by atoms with Gasteiger partial charge < -0.3 is 11.1 Å². The molecule has 0 bridgehead atoms. The van der Waals surface area contributed by atoms with Gasteiger partial charge in [-0.25, -0.2) is 0 Å². The van der Waals surface area contributed by atoms with Crippen molar-refractivity contribution in [2.45, 2.75) is 38.3 Å². The van der Waals surface area contributed by atoms with Crippen LogP contribution < -0.4 is 16.0 Å². The van der Waals surface area contributed by atoms with Crippen LogP contribution in [0, 0.1) is 16.7 Å². The molecule has 2 heterocycles. The molecular formula is C26H21F3N4O2. The molecule has 2 aliphatic heterocycles. The van der Waals surface area contributed by atoms with Crippen LogP contribution in [-0.2, 0) is 21.2 Å². The van der Waals surface area contributed by atoms with E-state index in [1.807, 2.05) is 19.9 Å². The number of hydrogen-bond acceptors (Lipinski definition) is 5. The van der Waals surface area contributed by atoms with E-state index in [9.17, 15) is 28.0 Å². The van der Waals surface area contributed by atoms with E-state index >= 15 is 0 Å². The van der Waals surface area contributed by atoms with Crippen molar-refractivity contribution in [3.05, 3.63) is 82.3 Å². The summed E-state index contributed by atoms with van der Waals surface area (Å²) in [6.07, 6.45) is -4.23. The molecule has 0 radical (unpaired) electrons. The maximum absolute atomic E-state index is 13.7. The monoisotopic (exact) mass is 478 g/mol. The molecule has 0 saturated carbocycles. The third kappa shape index (κ3) is 3.09. The van der Waals surface area contributed by atoms with E-state index in [0.29, 0.717) is 16.9 Å². The zero-order valence-corrected chi connectivity index (χ0v) is 19.0. The minimum absolute atomic E-state index is 0.0598. The molecule has 0 aromatic heterocycles. The summed E-state index contributed by atoms with van der Waals surface area (Å²) < 4.78 is 40.6. The van der Waals surface area contributed by atoms with E-state index in [4.69, 9.17) is 5.73 Å². The maximum Gasteiger partial charge on any atom is 0.416 e. The Morgan fingerprint density at radius 1 is 1.09 bits per heavy atom. The second-order valence-corrected chi connectivity index (χ2v) is 9.77. The summed E-state index contributed by atoms with van der Waals surface area (Å²) in [7, 11) is 0. The van der Waals surface area contributed by atoms with Gasteiger partial charge in [-0.15, -0.1) is 0 Å².